The van der Waals surface area contributed by atoms with Crippen LogP contribution in [0.5, 0.6) is 0 Å². The third-order valence-corrected chi connectivity index (χ3v) is 9.34. The molecule has 2 radical (unpaired) electrons. The largest absolute Gasteiger partial charge is 0.206 e. The molecule has 0 spiro atoms. The van der Waals surface area contributed by atoms with Crippen molar-refractivity contribution in [3.63, 3.8) is 0 Å². The average molecular weight is 412 g/mol. The van der Waals surface area contributed by atoms with Gasteiger partial charge in [-0.3, -0.25) is 0 Å². The number of nitriles is 1. The van der Waals surface area contributed by atoms with Crippen LogP contribution in [0.1, 0.15) is 95.1 Å². The summed E-state index contributed by atoms with van der Waals surface area (Å²) in [4.78, 5) is 0. The molecule has 1 aromatic carbocycles. The van der Waals surface area contributed by atoms with E-state index >= 15 is 0 Å². The summed E-state index contributed by atoms with van der Waals surface area (Å²) >= 11 is 0. The quantitative estimate of drug-likeness (QED) is 0.301. The Morgan fingerprint density at radius 1 is 1.00 bits per heavy atom. The van der Waals surface area contributed by atoms with Gasteiger partial charge in [0.05, 0.1) is 5.56 Å². The van der Waals surface area contributed by atoms with E-state index in [4.69, 9.17) is 5.26 Å². The van der Waals surface area contributed by atoms with Crippen LogP contribution in [0.25, 0.3) is 0 Å². The molecule has 0 unspecified atom stereocenters. The second-order valence-corrected chi connectivity index (χ2v) is 11.2. The molecule has 0 heterocycles. The molecule has 1 aromatic rings. The summed E-state index contributed by atoms with van der Waals surface area (Å²) in [6, 6.07) is 8.50. The highest BCUT2D eigenvalue weighted by atomic mass is 28.2. The lowest BCUT2D eigenvalue weighted by Crippen LogP contribution is -2.26. The van der Waals surface area contributed by atoms with Crippen LogP contribution in [0.15, 0.2) is 18.2 Å². The Bertz CT molecular complexity index is 651. The first kappa shape index (κ1) is 22.5. The van der Waals surface area contributed by atoms with Gasteiger partial charge in [-0.2, -0.15) is 5.26 Å². The Hall–Kier alpha value is -1.14. The number of nitrogens with zero attached hydrogens (tertiary/aromatic N) is 1. The summed E-state index contributed by atoms with van der Waals surface area (Å²) in [5, 5.41) is 8.86. The predicted molar refractivity (Wildman–Crippen MR) is 121 cm³/mol. The first-order valence-electron chi connectivity index (χ1n) is 12.1. The van der Waals surface area contributed by atoms with E-state index in [-0.39, 0.29) is 11.4 Å². The summed E-state index contributed by atoms with van der Waals surface area (Å²) in [7, 11) is 1.23. The molecule has 29 heavy (non-hydrogen) atoms. The van der Waals surface area contributed by atoms with Crippen LogP contribution in [-0.2, 0) is 6.42 Å². The van der Waals surface area contributed by atoms with E-state index in [1.165, 1.54) is 92.6 Å². The number of unbranched alkanes of at least 4 members (excludes halogenated alkanes) is 2. The summed E-state index contributed by atoms with van der Waals surface area (Å²) in [5.74, 6) is 2.42. The molecule has 2 aliphatic carbocycles. The van der Waals surface area contributed by atoms with Crippen LogP contribution in [0.3, 0.4) is 0 Å². The molecule has 3 heteroatoms. The molecular weight excluding hydrogens is 373 g/mol. The van der Waals surface area contributed by atoms with Gasteiger partial charge in [0.15, 0.2) is 0 Å². The maximum atomic E-state index is 13.8. The Morgan fingerprint density at radius 2 is 1.69 bits per heavy atom. The fourth-order valence-electron chi connectivity index (χ4n) is 5.60. The van der Waals surface area contributed by atoms with Crippen molar-refractivity contribution in [2.45, 2.75) is 102 Å². The summed E-state index contributed by atoms with van der Waals surface area (Å²) < 4.78 is 13.8. The van der Waals surface area contributed by atoms with Crippen LogP contribution in [0, 0.1) is 34.9 Å². The summed E-state index contributed by atoms with van der Waals surface area (Å²) in [6.07, 6.45) is 17.9. The maximum absolute atomic E-state index is 13.8. The zero-order valence-corrected chi connectivity index (χ0v) is 19.3. The zero-order valence-electron chi connectivity index (χ0n) is 18.3. The Labute approximate surface area is 180 Å². The molecule has 0 aromatic heterocycles. The van der Waals surface area contributed by atoms with Gasteiger partial charge in [-0.15, -0.1) is 0 Å². The van der Waals surface area contributed by atoms with Crippen molar-refractivity contribution in [2.75, 3.05) is 0 Å². The molecule has 0 N–H and O–H groups in total. The van der Waals surface area contributed by atoms with Crippen molar-refractivity contribution < 1.29 is 4.39 Å². The highest BCUT2D eigenvalue weighted by Crippen LogP contribution is 2.43. The number of rotatable bonds is 9. The van der Waals surface area contributed by atoms with Gasteiger partial charge in [-0.25, -0.2) is 4.39 Å². The molecule has 1 nitrogen and oxygen atoms in total. The standard InChI is InChI=1S/C26H38FNSi/c1-2-3-4-17-29-25-15-13-23(14-16-25)22-10-7-20(8-11-22)5-6-21-9-12-24(19-28)26(27)18-21/h9,12,18,20,22-23,25H,2-8,10-11,13-17H2,1H3. The maximum Gasteiger partial charge on any atom is 0.141 e. The normalized spacial score (nSPS) is 27.5. The lowest BCUT2D eigenvalue weighted by Gasteiger charge is -2.38. The van der Waals surface area contributed by atoms with E-state index in [1.807, 2.05) is 12.1 Å². The van der Waals surface area contributed by atoms with Gasteiger partial charge < -0.3 is 0 Å². The minimum Gasteiger partial charge on any atom is -0.206 e. The number of aryl methyl sites for hydroxylation is 1. The summed E-state index contributed by atoms with van der Waals surface area (Å²) in [6.45, 7) is 2.30. The molecule has 2 aliphatic rings. The molecule has 0 bridgehead atoms. The van der Waals surface area contributed by atoms with E-state index in [1.54, 1.807) is 12.1 Å². The van der Waals surface area contributed by atoms with Gasteiger partial charge in [0.25, 0.3) is 0 Å². The van der Waals surface area contributed by atoms with E-state index in [0.717, 1.165) is 35.3 Å². The number of halogens is 1. The van der Waals surface area contributed by atoms with Crippen molar-refractivity contribution >= 4 is 9.52 Å². The van der Waals surface area contributed by atoms with Crippen LogP contribution in [-0.4, -0.2) is 9.52 Å². The van der Waals surface area contributed by atoms with Gasteiger partial charge in [0, 0.05) is 9.52 Å². The smallest absolute Gasteiger partial charge is 0.141 e. The topological polar surface area (TPSA) is 23.8 Å². The minimum atomic E-state index is -0.365. The van der Waals surface area contributed by atoms with E-state index in [0.29, 0.717) is 0 Å². The third kappa shape index (κ3) is 6.95. The van der Waals surface area contributed by atoms with Gasteiger partial charge in [0.2, 0.25) is 0 Å². The molecule has 0 amide bonds. The first-order valence-corrected chi connectivity index (χ1v) is 13.4. The van der Waals surface area contributed by atoms with Crippen molar-refractivity contribution in [3.05, 3.63) is 35.1 Å². The molecule has 158 valence electrons. The molecule has 0 saturated heterocycles. The molecular formula is C26H38FNSi. The minimum absolute atomic E-state index is 0.158. The second-order valence-electron chi connectivity index (χ2n) is 9.52. The number of hydrogen-bond donors (Lipinski definition) is 0. The SMILES string of the molecule is CCCCC[Si]C1CCC(C2CCC(CCc3ccc(C#N)c(F)c3)CC2)CC1. The third-order valence-electron chi connectivity index (χ3n) is 7.54. The van der Waals surface area contributed by atoms with Gasteiger partial charge in [-0.1, -0.05) is 76.8 Å². The fourth-order valence-corrected chi connectivity index (χ4v) is 7.20. The van der Waals surface area contributed by atoms with Gasteiger partial charge in [0.1, 0.15) is 11.9 Å². The number of benzene rings is 1. The highest BCUT2D eigenvalue weighted by molar-refractivity contribution is 6.37. The molecule has 2 saturated carbocycles. The second kappa shape index (κ2) is 11.9. The van der Waals surface area contributed by atoms with Crippen molar-refractivity contribution in [2.24, 2.45) is 17.8 Å². The molecule has 0 aliphatic heterocycles. The van der Waals surface area contributed by atoms with Crippen LogP contribution in [0.4, 0.5) is 4.39 Å². The Kier molecular flexibility index (Phi) is 9.24. The van der Waals surface area contributed by atoms with Crippen molar-refractivity contribution in [1.29, 1.82) is 5.26 Å². The van der Waals surface area contributed by atoms with Crippen LogP contribution < -0.4 is 0 Å². The van der Waals surface area contributed by atoms with E-state index in [9.17, 15) is 4.39 Å². The highest BCUT2D eigenvalue weighted by Gasteiger charge is 2.30. The lowest BCUT2D eigenvalue weighted by atomic mass is 9.70. The molecule has 2 fully saturated rings. The number of hydrogen-bond acceptors (Lipinski definition) is 1. The monoisotopic (exact) mass is 411 g/mol. The van der Waals surface area contributed by atoms with Crippen LogP contribution in [0.2, 0.25) is 11.6 Å². The van der Waals surface area contributed by atoms with Gasteiger partial charge >= 0.3 is 0 Å². The van der Waals surface area contributed by atoms with Crippen molar-refractivity contribution in [3.8, 4) is 6.07 Å². The summed E-state index contributed by atoms with van der Waals surface area (Å²) in [5.41, 5.74) is 2.25. The predicted octanol–water partition coefficient (Wildman–Crippen LogP) is 7.73. The lowest BCUT2D eigenvalue weighted by molar-refractivity contribution is 0.163. The van der Waals surface area contributed by atoms with Crippen LogP contribution >= 0.6 is 0 Å². The van der Waals surface area contributed by atoms with E-state index < -0.39 is 0 Å². The Morgan fingerprint density at radius 3 is 2.31 bits per heavy atom. The average Bonchev–Trinajstić information content (AvgIpc) is 2.76. The fraction of sp³-hybridized carbons (Fsp3) is 0.731. The first-order chi connectivity index (χ1) is 14.2. The zero-order chi connectivity index (χ0) is 20.5. The Balaban J connectivity index is 1.33. The van der Waals surface area contributed by atoms with Crippen molar-refractivity contribution in [1.82, 2.24) is 0 Å². The van der Waals surface area contributed by atoms with E-state index in [2.05, 4.69) is 6.92 Å². The molecule has 0 atom stereocenters. The van der Waals surface area contributed by atoms with Gasteiger partial charge in [-0.05, 0) is 66.7 Å². The molecule has 3 rings (SSSR count).